The zero-order chi connectivity index (χ0) is 23.7. The predicted molar refractivity (Wildman–Crippen MR) is 132 cm³/mol. The molecule has 2 atom stereocenters. The Kier molecular flexibility index (Phi) is 6.02. The molecule has 0 aliphatic carbocycles. The predicted octanol–water partition coefficient (Wildman–Crippen LogP) is 3.27. The lowest BCUT2D eigenvalue weighted by Gasteiger charge is -2.54. The zero-order valence-electron chi connectivity index (χ0n) is 18.8. The first-order valence-electron chi connectivity index (χ1n) is 11.4. The van der Waals surface area contributed by atoms with Crippen LogP contribution in [0.25, 0.3) is 0 Å². The Labute approximate surface area is 203 Å². The van der Waals surface area contributed by atoms with Gasteiger partial charge < -0.3 is 9.90 Å². The topological polar surface area (TPSA) is 72.5 Å². The molecule has 5 nitrogen and oxygen atoms in total. The van der Waals surface area contributed by atoms with E-state index < -0.39 is 17.6 Å². The lowest BCUT2D eigenvalue weighted by molar-refractivity contribution is -0.301. The first-order chi connectivity index (χ1) is 16.6. The van der Waals surface area contributed by atoms with Gasteiger partial charge in [-0.1, -0.05) is 97.9 Å². The van der Waals surface area contributed by atoms with Gasteiger partial charge in [0.2, 0.25) is 5.91 Å². The molecule has 0 saturated carbocycles. The van der Waals surface area contributed by atoms with E-state index in [0.29, 0.717) is 12.2 Å². The van der Waals surface area contributed by atoms with Gasteiger partial charge in [0.25, 0.3) is 0 Å². The van der Waals surface area contributed by atoms with E-state index in [0.717, 1.165) is 22.3 Å². The number of nitrogens with one attached hydrogen (secondary N) is 1. The minimum Gasteiger partial charge on any atom is -0.543 e. The number of amides is 1. The summed E-state index contributed by atoms with van der Waals surface area (Å²) in [5.74, 6) is -0.953. The normalized spacial score (nSPS) is 20.0. The SMILES string of the molecule is CCC1=C(C(=O)[O-])N2C(=O)[C@H](NC(c3ccccc3)(c3ccccc3)c3ccccc3)[C@H]2SC1. The summed E-state index contributed by atoms with van der Waals surface area (Å²) in [6, 6.07) is 29.7. The highest BCUT2D eigenvalue weighted by Gasteiger charge is 2.55. The van der Waals surface area contributed by atoms with E-state index in [2.05, 4.69) is 41.7 Å². The third-order valence-electron chi connectivity index (χ3n) is 6.66. The van der Waals surface area contributed by atoms with Crippen LogP contribution < -0.4 is 10.4 Å². The van der Waals surface area contributed by atoms with E-state index in [1.165, 1.54) is 4.90 Å². The highest BCUT2D eigenvalue weighted by Crippen LogP contribution is 2.44. The molecule has 3 aromatic carbocycles. The molecular formula is C28H25N2O3S-. The van der Waals surface area contributed by atoms with Gasteiger partial charge in [0, 0.05) is 5.75 Å². The molecule has 0 aromatic heterocycles. The molecule has 6 heteroatoms. The molecule has 172 valence electrons. The highest BCUT2D eigenvalue weighted by molar-refractivity contribution is 8.00. The van der Waals surface area contributed by atoms with Crippen molar-refractivity contribution in [2.45, 2.75) is 30.3 Å². The number of fused-ring (bicyclic) bond motifs is 1. The summed E-state index contributed by atoms with van der Waals surface area (Å²) in [4.78, 5) is 26.8. The Balaban J connectivity index is 1.63. The molecule has 1 amide bonds. The number of rotatable bonds is 7. The first kappa shape index (κ1) is 22.4. The molecule has 2 aliphatic heterocycles. The Morgan fingerprint density at radius 2 is 1.41 bits per heavy atom. The number of nitrogens with zero attached hydrogens (tertiary/aromatic N) is 1. The van der Waals surface area contributed by atoms with Crippen LogP contribution in [0, 0.1) is 0 Å². The molecule has 1 fully saturated rings. The number of carboxylic acid groups (broad SMARTS) is 1. The minimum absolute atomic E-state index is 0.0408. The van der Waals surface area contributed by atoms with Crippen molar-refractivity contribution >= 4 is 23.6 Å². The fraction of sp³-hybridized carbons (Fsp3) is 0.214. The maximum Gasteiger partial charge on any atom is 0.248 e. The molecular weight excluding hydrogens is 444 g/mol. The van der Waals surface area contributed by atoms with Gasteiger partial charge >= 0.3 is 0 Å². The molecule has 3 aromatic rings. The largest absolute Gasteiger partial charge is 0.543 e. The summed E-state index contributed by atoms with van der Waals surface area (Å²) < 4.78 is 0. The van der Waals surface area contributed by atoms with E-state index in [1.807, 2.05) is 61.5 Å². The summed E-state index contributed by atoms with van der Waals surface area (Å²) in [6.07, 6.45) is 0.576. The fourth-order valence-corrected chi connectivity index (χ4v) is 6.44. The van der Waals surface area contributed by atoms with Crippen LogP contribution in [-0.4, -0.2) is 33.9 Å². The van der Waals surface area contributed by atoms with Crippen LogP contribution in [0.15, 0.2) is 102 Å². The summed E-state index contributed by atoms with van der Waals surface area (Å²) >= 11 is 1.60. The Morgan fingerprint density at radius 1 is 0.941 bits per heavy atom. The van der Waals surface area contributed by atoms with E-state index in [9.17, 15) is 14.7 Å². The Hall–Kier alpha value is -3.35. The molecule has 0 radical (unpaired) electrons. The summed E-state index contributed by atoms with van der Waals surface area (Å²) in [7, 11) is 0. The van der Waals surface area contributed by atoms with Gasteiger partial charge in [-0.2, -0.15) is 0 Å². The van der Waals surface area contributed by atoms with Crippen LogP contribution in [-0.2, 0) is 15.1 Å². The molecule has 1 saturated heterocycles. The molecule has 5 rings (SSSR count). The summed E-state index contributed by atoms with van der Waals surface area (Å²) in [6.45, 7) is 1.91. The lowest BCUT2D eigenvalue weighted by atomic mass is 9.76. The van der Waals surface area contributed by atoms with Crippen molar-refractivity contribution in [3.8, 4) is 0 Å². The smallest absolute Gasteiger partial charge is 0.248 e. The van der Waals surface area contributed by atoms with Crippen molar-refractivity contribution in [3.63, 3.8) is 0 Å². The van der Waals surface area contributed by atoms with E-state index in [4.69, 9.17) is 0 Å². The Bertz CT molecular complexity index is 1130. The number of carbonyl (C=O) groups excluding carboxylic acids is 2. The monoisotopic (exact) mass is 469 g/mol. The van der Waals surface area contributed by atoms with Gasteiger partial charge in [-0.05, 0) is 28.7 Å². The van der Waals surface area contributed by atoms with Crippen molar-refractivity contribution in [1.82, 2.24) is 10.2 Å². The molecule has 0 spiro atoms. The van der Waals surface area contributed by atoms with Crippen molar-refractivity contribution in [3.05, 3.63) is 119 Å². The minimum atomic E-state index is -1.28. The van der Waals surface area contributed by atoms with Gasteiger partial charge in [-0.3, -0.25) is 15.0 Å². The van der Waals surface area contributed by atoms with Crippen LogP contribution in [0.3, 0.4) is 0 Å². The maximum absolute atomic E-state index is 13.5. The maximum atomic E-state index is 13.5. The first-order valence-corrected chi connectivity index (χ1v) is 12.4. The number of hydrogen-bond donors (Lipinski definition) is 1. The number of carbonyl (C=O) groups is 2. The number of β-lactam (4-membered cyclic amide) rings is 1. The van der Waals surface area contributed by atoms with Crippen molar-refractivity contribution in [1.29, 1.82) is 0 Å². The number of benzene rings is 3. The summed E-state index contributed by atoms with van der Waals surface area (Å²) in [5.41, 5.74) is 3.00. The molecule has 2 aliphatic rings. The van der Waals surface area contributed by atoms with Crippen LogP contribution in [0.5, 0.6) is 0 Å². The second kappa shape index (κ2) is 9.12. The highest BCUT2D eigenvalue weighted by atomic mass is 32.2. The van der Waals surface area contributed by atoms with Gasteiger partial charge in [0.15, 0.2) is 0 Å². The average molecular weight is 470 g/mol. The van der Waals surface area contributed by atoms with Crippen molar-refractivity contribution in [2.75, 3.05) is 5.75 Å². The number of aliphatic carboxylic acids is 1. The standard InChI is InChI=1S/C28H26N2O3S/c1-2-19-18-34-26-23(25(31)30(26)24(19)27(32)33)29-28(20-12-6-3-7-13-20,21-14-8-4-9-15-21)22-16-10-5-11-17-22/h3-17,23,26,29H,2,18H2,1H3,(H,32,33)/p-1/t23-,26+/m0/s1. The number of hydrogen-bond acceptors (Lipinski definition) is 5. The second-order valence-electron chi connectivity index (χ2n) is 8.47. The van der Waals surface area contributed by atoms with Crippen molar-refractivity contribution < 1.29 is 14.7 Å². The van der Waals surface area contributed by atoms with Crippen LogP contribution in [0.1, 0.15) is 30.0 Å². The van der Waals surface area contributed by atoms with Gasteiger partial charge in [0.1, 0.15) is 11.4 Å². The van der Waals surface area contributed by atoms with E-state index in [1.54, 1.807) is 11.8 Å². The van der Waals surface area contributed by atoms with Crippen LogP contribution in [0.4, 0.5) is 0 Å². The van der Waals surface area contributed by atoms with E-state index >= 15 is 0 Å². The quantitative estimate of drug-likeness (QED) is 0.425. The van der Waals surface area contributed by atoms with Crippen LogP contribution in [0.2, 0.25) is 0 Å². The molecule has 0 bridgehead atoms. The van der Waals surface area contributed by atoms with Gasteiger partial charge in [0.05, 0.1) is 17.2 Å². The van der Waals surface area contributed by atoms with Gasteiger partial charge in [-0.25, -0.2) is 0 Å². The fourth-order valence-electron chi connectivity index (χ4n) is 4.99. The van der Waals surface area contributed by atoms with Gasteiger partial charge in [-0.15, -0.1) is 11.8 Å². The second-order valence-corrected chi connectivity index (χ2v) is 9.58. The summed E-state index contributed by atoms with van der Waals surface area (Å²) in [5, 5.41) is 15.3. The molecule has 1 N–H and O–H groups in total. The third-order valence-corrected chi connectivity index (χ3v) is 8.00. The molecule has 0 unspecified atom stereocenters. The number of thioether (sulfide) groups is 1. The number of carboxylic acids is 1. The van der Waals surface area contributed by atoms with E-state index in [-0.39, 0.29) is 17.0 Å². The lowest BCUT2D eigenvalue weighted by Crippen LogP contribution is -2.73. The average Bonchev–Trinajstić information content (AvgIpc) is 2.90. The molecule has 2 heterocycles. The molecule has 34 heavy (non-hydrogen) atoms. The van der Waals surface area contributed by atoms with Crippen LogP contribution >= 0.6 is 11.8 Å². The Morgan fingerprint density at radius 3 is 1.82 bits per heavy atom. The van der Waals surface area contributed by atoms with Crippen molar-refractivity contribution in [2.24, 2.45) is 0 Å². The zero-order valence-corrected chi connectivity index (χ0v) is 19.6. The third kappa shape index (κ3) is 3.54.